The van der Waals surface area contributed by atoms with E-state index in [0.717, 1.165) is 22.7 Å². The van der Waals surface area contributed by atoms with Crippen molar-refractivity contribution >= 4 is 18.0 Å². The van der Waals surface area contributed by atoms with E-state index < -0.39 is 11.9 Å². The highest BCUT2D eigenvalue weighted by Gasteiger charge is 2.10. The first-order valence-electron chi connectivity index (χ1n) is 8.19. The van der Waals surface area contributed by atoms with Crippen LogP contribution in [0.1, 0.15) is 29.1 Å². The topological polar surface area (TPSA) is 97.3 Å². The second-order valence-corrected chi connectivity index (χ2v) is 5.69. The van der Waals surface area contributed by atoms with E-state index in [-0.39, 0.29) is 19.6 Å². The lowest BCUT2D eigenvalue weighted by molar-refractivity contribution is -0.143. The van der Waals surface area contributed by atoms with Crippen LogP contribution in [0.5, 0.6) is 0 Å². The number of carbonyl (C=O) groups excluding carboxylic acids is 2. The fraction of sp³-hybridized carbons (Fsp3) is 0.316. The fourth-order valence-electron chi connectivity index (χ4n) is 2.45. The molecule has 0 fully saturated rings. The highest BCUT2D eigenvalue weighted by molar-refractivity contribution is 5.89. The maximum atomic E-state index is 11.7. The van der Waals surface area contributed by atoms with E-state index in [9.17, 15) is 9.59 Å². The number of amides is 1. The maximum Gasteiger partial charge on any atom is 0.331 e. The van der Waals surface area contributed by atoms with Crippen LogP contribution in [0.4, 0.5) is 0 Å². The molecule has 2 rings (SSSR count). The number of nitrogens with one attached hydrogen (secondary N) is 1. The van der Waals surface area contributed by atoms with E-state index in [4.69, 9.17) is 14.4 Å². The highest BCUT2D eigenvalue weighted by Crippen LogP contribution is 2.18. The Morgan fingerprint density at radius 2 is 2.23 bits per heavy atom. The van der Waals surface area contributed by atoms with Gasteiger partial charge in [-0.3, -0.25) is 4.79 Å². The lowest BCUT2D eigenvalue weighted by Crippen LogP contribution is -2.29. The van der Waals surface area contributed by atoms with Crippen LogP contribution in [-0.4, -0.2) is 29.6 Å². The van der Waals surface area contributed by atoms with Crippen LogP contribution in [0, 0.1) is 25.2 Å². The Morgan fingerprint density at radius 3 is 2.92 bits per heavy atom. The van der Waals surface area contributed by atoms with E-state index in [1.165, 1.54) is 6.08 Å². The molecule has 0 saturated heterocycles. The molecule has 1 N–H and O–H groups in total. The predicted octanol–water partition coefficient (Wildman–Crippen LogP) is 2.33. The number of nitriles is 1. The first-order valence-corrected chi connectivity index (χ1v) is 8.19. The summed E-state index contributed by atoms with van der Waals surface area (Å²) in [5, 5.41) is 10.9. The lowest BCUT2D eigenvalue weighted by Gasteiger charge is -2.07. The number of nitrogens with zero attached hydrogens (tertiary/aromatic N) is 2. The molecule has 0 radical (unpaired) electrons. The van der Waals surface area contributed by atoms with E-state index in [2.05, 4.69) is 9.88 Å². The average molecular weight is 355 g/mol. The Hall–Kier alpha value is -3.27. The number of hydrogen-bond donors (Lipinski definition) is 1. The van der Waals surface area contributed by atoms with Gasteiger partial charge in [0.2, 0.25) is 0 Å². The summed E-state index contributed by atoms with van der Waals surface area (Å²) in [7, 11) is 0. The molecule has 2 aromatic rings. The largest absolute Gasteiger partial charge is 0.467 e. The Morgan fingerprint density at radius 1 is 1.42 bits per heavy atom. The zero-order valence-electron chi connectivity index (χ0n) is 14.8. The average Bonchev–Trinajstić information content (AvgIpc) is 3.22. The molecule has 0 aliphatic rings. The van der Waals surface area contributed by atoms with E-state index in [0.29, 0.717) is 6.54 Å². The molecule has 0 aliphatic carbocycles. The fourth-order valence-corrected chi connectivity index (χ4v) is 2.45. The van der Waals surface area contributed by atoms with Crippen LogP contribution in [0.3, 0.4) is 0 Å². The van der Waals surface area contributed by atoms with E-state index in [1.54, 1.807) is 12.3 Å². The minimum Gasteiger partial charge on any atom is -0.467 e. The van der Waals surface area contributed by atoms with Gasteiger partial charge in [0.1, 0.15) is 5.76 Å². The van der Waals surface area contributed by atoms with Crippen molar-refractivity contribution < 1.29 is 18.7 Å². The normalized spacial score (nSPS) is 10.7. The Balaban J connectivity index is 1.90. The van der Waals surface area contributed by atoms with Crippen LogP contribution in [0.25, 0.3) is 6.08 Å². The number of carbonyl (C=O) groups is 2. The Bertz CT molecular complexity index is 826. The number of aromatic nitrogens is 1. The van der Waals surface area contributed by atoms with Crippen LogP contribution in [0.15, 0.2) is 35.0 Å². The van der Waals surface area contributed by atoms with Gasteiger partial charge in [-0.1, -0.05) is 0 Å². The van der Waals surface area contributed by atoms with Gasteiger partial charge in [0, 0.05) is 24.0 Å². The van der Waals surface area contributed by atoms with Crippen molar-refractivity contribution in [2.45, 2.75) is 26.8 Å². The highest BCUT2D eigenvalue weighted by atomic mass is 16.5. The molecule has 0 atom stereocenters. The lowest BCUT2D eigenvalue weighted by atomic mass is 10.2. The summed E-state index contributed by atoms with van der Waals surface area (Å²) in [6.45, 7) is 4.43. The van der Waals surface area contributed by atoms with Crippen molar-refractivity contribution in [1.82, 2.24) is 9.88 Å². The van der Waals surface area contributed by atoms with Crippen molar-refractivity contribution in [3.63, 3.8) is 0 Å². The van der Waals surface area contributed by atoms with Crippen molar-refractivity contribution in [3.05, 3.63) is 53.2 Å². The summed E-state index contributed by atoms with van der Waals surface area (Å²) in [5.74, 6) is -0.181. The van der Waals surface area contributed by atoms with Crippen molar-refractivity contribution in [3.8, 4) is 6.07 Å². The zero-order valence-corrected chi connectivity index (χ0v) is 14.8. The molecule has 0 unspecified atom stereocenters. The van der Waals surface area contributed by atoms with Crippen molar-refractivity contribution in [2.24, 2.45) is 0 Å². The van der Waals surface area contributed by atoms with Gasteiger partial charge in [-0.25, -0.2) is 4.79 Å². The van der Waals surface area contributed by atoms with Crippen LogP contribution < -0.4 is 5.32 Å². The number of ether oxygens (including phenoxy) is 1. The predicted molar refractivity (Wildman–Crippen MR) is 94.9 cm³/mol. The van der Waals surface area contributed by atoms with Gasteiger partial charge in [0.25, 0.3) is 5.91 Å². The molecule has 26 heavy (non-hydrogen) atoms. The van der Waals surface area contributed by atoms with E-state index >= 15 is 0 Å². The minimum atomic E-state index is -0.601. The van der Waals surface area contributed by atoms with Gasteiger partial charge in [-0.2, -0.15) is 5.26 Å². The first-order chi connectivity index (χ1) is 12.5. The summed E-state index contributed by atoms with van der Waals surface area (Å²) >= 11 is 0. The summed E-state index contributed by atoms with van der Waals surface area (Å²) in [6, 6.07) is 7.63. The molecule has 0 aromatic carbocycles. The summed E-state index contributed by atoms with van der Waals surface area (Å²) < 4.78 is 12.3. The van der Waals surface area contributed by atoms with Crippen LogP contribution in [-0.2, 0) is 20.9 Å². The third kappa shape index (κ3) is 5.38. The van der Waals surface area contributed by atoms with Crippen LogP contribution >= 0.6 is 0 Å². The molecule has 7 nitrogen and oxygen atoms in total. The summed E-state index contributed by atoms with van der Waals surface area (Å²) in [6.07, 6.45) is 4.81. The van der Waals surface area contributed by atoms with Crippen molar-refractivity contribution in [1.29, 1.82) is 5.26 Å². The molecular weight excluding hydrogens is 334 g/mol. The third-order valence-corrected chi connectivity index (χ3v) is 3.81. The molecule has 0 bridgehead atoms. The number of esters is 1. The molecule has 0 spiro atoms. The Labute approximate surface area is 151 Å². The van der Waals surface area contributed by atoms with Gasteiger partial charge in [0.05, 0.1) is 25.3 Å². The minimum absolute atomic E-state index is 0.215. The van der Waals surface area contributed by atoms with Gasteiger partial charge < -0.3 is 19.0 Å². The summed E-state index contributed by atoms with van der Waals surface area (Å²) in [4.78, 5) is 23.2. The second kappa shape index (κ2) is 9.28. The molecule has 2 aromatic heterocycles. The monoisotopic (exact) mass is 355 g/mol. The first kappa shape index (κ1) is 19.1. The number of hydrogen-bond acceptors (Lipinski definition) is 5. The molecule has 2 heterocycles. The zero-order chi connectivity index (χ0) is 18.9. The van der Waals surface area contributed by atoms with Crippen molar-refractivity contribution in [2.75, 3.05) is 13.2 Å². The Kier molecular flexibility index (Phi) is 6.80. The quantitative estimate of drug-likeness (QED) is 0.445. The maximum absolute atomic E-state index is 11.7. The van der Waals surface area contributed by atoms with Gasteiger partial charge in [0.15, 0.2) is 6.61 Å². The van der Waals surface area contributed by atoms with Gasteiger partial charge >= 0.3 is 5.97 Å². The van der Waals surface area contributed by atoms with Gasteiger partial charge in [-0.05, 0) is 43.7 Å². The molecule has 7 heteroatoms. The molecule has 0 saturated carbocycles. The molecular formula is C19H21N3O4. The number of furan rings is 1. The SMILES string of the molecule is Cc1cc(/C=C/C(=O)OCC(=O)NCCC#N)c(C)n1Cc1ccco1. The van der Waals surface area contributed by atoms with E-state index in [1.807, 2.05) is 38.1 Å². The molecule has 0 aliphatic heterocycles. The molecule has 1 amide bonds. The molecule has 136 valence electrons. The number of aryl methyl sites for hydroxylation is 1. The van der Waals surface area contributed by atoms with Gasteiger partial charge in [-0.15, -0.1) is 0 Å². The van der Waals surface area contributed by atoms with Crippen LogP contribution in [0.2, 0.25) is 0 Å². The second-order valence-electron chi connectivity index (χ2n) is 5.69. The third-order valence-electron chi connectivity index (χ3n) is 3.81. The summed E-state index contributed by atoms with van der Waals surface area (Å²) in [5.41, 5.74) is 2.94. The smallest absolute Gasteiger partial charge is 0.331 e. The standard InChI is InChI=1S/C19H21N3O4/c1-14-11-16(15(2)22(14)12-17-5-3-10-25-17)6-7-19(24)26-13-18(23)21-9-4-8-20/h3,5-7,10-11H,4,9,12-13H2,1-2H3,(H,21,23)/b7-6+. The number of rotatable bonds is 8.